The average Bonchev–Trinajstić information content (AvgIpc) is 2.33. The fourth-order valence-corrected chi connectivity index (χ4v) is 1.96. The summed E-state index contributed by atoms with van der Waals surface area (Å²) >= 11 is 5.82. The van der Waals surface area contributed by atoms with Crippen LogP contribution in [0.25, 0.3) is 0 Å². The number of hydrogen-bond acceptors (Lipinski definition) is 3. The molecule has 0 saturated carbocycles. The SMILES string of the molecule is CC(Oc1ccc(Cl)cc1)N1CCNCC1. The Bertz CT molecular complexity index is 322. The molecule has 1 saturated heterocycles. The molecule has 1 aliphatic rings. The first-order valence-electron chi connectivity index (χ1n) is 5.63. The number of ether oxygens (including phenoxy) is 1. The lowest BCUT2D eigenvalue weighted by molar-refractivity contribution is 0.0311. The molecule has 0 aliphatic carbocycles. The van der Waals surface area contributed by atoms with Gasteiger partial charge in [-0.25, -0.2) is 0 Å². The Kier molecular flexibility index (Phi) is 4.04. The fourth-order valence-electron chi connectivity index (χ4n) is 1.83. The van der Waals surface area contributed by atoms with Crippen molar-refractivity contribution < 1.29 is 4.74 Å². The lowest BCUT2D eigenvalue weighted by Crippen LogP contribution is -2.49. The van der Waals surface area contributed by atoms with Crippen LogP contribution in [0, 0.1) is 0 Å². The first kappa shape index (κ1) is 11.7. The lowest BCUT2D eigenvalue weighted by atomic mass is 10.3. The highest BCUT2D eigenvalue weighted by molar-refractivity contribution is 6.30. The van der Waals surface area contributed by atoms with E-state index in [1.807, 2.05) is 24.3 Å². The van der Waals surface area contributed by atoms with E-state index in [0.29, 0.717) is 0 Å². The molecule has 3 nitrogen and oxygen atoms in total. The highest BCUT2D eigenvalue weighted by Crippen LogP contribution is 2.17. The molecule has 1 fully saturated rings. The summed E-state index contributed by atoms with van der Waals surface area (Å²) in [7, 11) is 0. The molecule has 0 radical (unpaired) electrons. The smallest absolute Gasteiger partial charge is 0.149 e. The van der Waals surface area contributed by atoms with Crippen molar-refractivity contribution in [1.29, 1.82) is 0 Å². The zero-order valence-electron chi connectivity index (χ0n) is 9.45. The van der Waals surface area contributed by atoms with Gasteiger partial charge in [0.1, 0.15) is 12.0 Å². The minimum Gasteiger partial charge on any atom is -0.475 e. The second kappa shape index (κ2) is 5.53. The van der Waals surface area contributed by atoms with Crippen molar-refractivity contribution in [2.24, 2.45) is 0 Å². The predicted octanol–water partition coefficient (Wildman–Crippen LogP) is 1.97. The van der Waals surface area contributed by atoms with Gasteiger partial charge in [-0.3, -0.25) is 4.90 Å². The van der Waals surface area contributed by atoms with E-state index in [1.54, 1.807) is 0 Å². The Morgan fingerprint density at radius 2 is 1.88 bits per heavy atom. The maximum absolute atomic E-state index is 5.85. The zero-order chi connectivity index (χ0) is 11.4. The van der Waals surface area contributed by atoms with Crippen LogP contribution in [0.4, 0.5) is 0 Å². The van der Waals surface area contributed by atoms with Crippen molar-refractivity contribution in [1.82, 2.24) is 10.2 Å². The van der Waals surface area contributed by atoms with Gasteiger partial charge in [-0.15, -0.1) is 0 Å². The van der Waals surface area contributed by atoms with E-state index in [0.717, 1.165) is 37.0 Å². The van der Waals surface area contributed by atoms with Gasteiger partial charge in [0.15, 0.2) is 0 Å². The lowest BCUT2D eigenvalue weighted by Gasteiger charge is -2.32. The van der Waals surface area contributed by atoms with Crippen LogP contribution in [0.2, 0.25) is 5.02 Å². The summed E-state index contributed by atoms with van der Waals surface area (Å²) < 4.78 is 5.85. The first-order chi connectivity index (χ1) is 7.75. The normalized spacial score (nSPS) is 19.4. The van der Waals surface area contributed by atoms with Gasteiger partial charge in [0.2, 0.25) is 0 Å². The van der Waals surface area contributed by atoms with Crippen molar-refractivity contribution in [3.63, 3.8) is 0 Å². The molecule has 2 rings (SSSR count). The number of nitrogens with one attached hydrogen (secondary N) is 1. The minimum absolute atomic E-state index is 0.114. The topological polar surface area (TPSA) is 24.5 Å². The van der Waals surface area contributed by atoms with Crippen LogP contribution in [-0.4, -0.2) is 37.3 Å². The van der Waals surface area contributed by atoms with Crippen LogP contribution in [0.3, 0.4) is 0 Å². The molecular formula is C12H17ClN2O. The molecule has 1 N–H and O–H groups in total. The number of halogens is 1. The van der Waals surface area contributed by atoms with Crippen LogP contribution in [0.15, 0.2) is 24.3 Å². The molecule has 0 aromatic heterocycles. The van der Waals surface area contributed by atoms with Crippen LogP contribution in [0.1, 0.15) is 6.92 Å². The van der Waals surface area contributed by atoms with Crippen molar-refractivity contribution in [3.05, 3.63) is 29.3 Å². The van der Waals surface area contributed by atoms with E-state index < -0.39 is 0 Å². The molecule has 4 heteroatoms. The third-order valence-corrected chi connectivity index (χ3v) is 3.04. The van der Waals surface area contributed by atoms with Gasteiger partial charge in [-0.2, -0.15) is 0 Å². The summed E-state index contributed by atoms with van der Waals surface area (Å²) in [5.74, 6) is 0.871. The molecular weight excluding hydrogens is 224 g/mol. The van der Waals surface area contributed by atoms with Crippen molar-refractivity contribution in [2.45, 2.75) is 13.2 Å². The molecule has 0 amide bonds. The van der Waals surface area contributed by atoms with Gasteiger partial charge in [0, 0.05) is 31.2 Å². The number of hydrogen-bond donors (Lipinski definition) is 1. The van der Waals surface area contributed by atoms with E-state index in [4.69, 9.17) is 16.3 Å². The highest BCUT2D eigenvalue weighted by atomic mass is 35.5. The Labute approximate surface area is 101 Å². The minimum atomic E-state index is 0.114. The summed E-state index contributed by atoms with van der Waals surface area (Å²) in [6.07, 6.45) is 0.114. The molecule has 16 heavy (non-hydrogen) atoms. The summed E-state index contributed by atoms with van der Waals surface area (Å²) in [6.45, 7) is 6.23. The molecule has 1 aromatic carbocycles. The van der Waals surface area contributed by atoms with Gasteiger partial charge in [-0.05, 0) is 31.2 Å². The molecule has 0 bridgehead atoms. The van der Waals surface area contributed by atoms with Gasteiger partial charge < -0.3 is 10.1 Å². The van der Waals surface area contributed by atoms with E-state index in [2.05, 4.69) is 17.1 Å². The summed E-state index contributed by atoms with van der Waals surface area (Å²) in [6, 6.07) is 7.50. The second-order valence-corrected chi connectivity index (χ2v) is 4.39. The maximum Gasteiger partial charge on any atom is 0.149 e. The Balaban J connectivity index is 1.90. The van der Waals surface area contributed by atoms with Gasteiger partial charge in [0.25, 0.3) is 0 Å². The molecule has 88 valence electrons. The van der Waals surface area contributed by atoms with Crippen molar-refractivity contribution in [3.8, 4) is 5.75 Å². The summed E-state index contributed by atoms with van der Waals surface area (Å²) in [5, 5.41) is 4.06. The van der Waals surface area contributed by atoms with Crippen LogP contribution < -0.4 is 10.1 Å². The summed E-state index contributed by atoms with van der Waals surface area (Å²) in [4.78, 5) is 2.32. The second-order valence-electron chi connectivity index (χ2n) is 3.96. The molecule has 1 aromatic rings. The Morgan fingerprint density at radius 1 is 1.25 bits per heavy atom. The number of piperazine rings is 1. The van der Waals surface area contributed by atoms with E-state index in [9.17, 15) is 0 Å². The first-order valence-corrected chi connectivity index (χ1v) is 6.00. The van der Waals surface area contributed by atoms with Crippen LogP contribution >= 0.6 is 11.6 Å². The fraction of sp³-hybridized carbons (Fsp3) is 0.500. The van der Waals surface area contributed by atoms with Crippen LogP contribution in [0.5, 0.6) is 5.75 Å². The van der Waals surface area contributed by atoms with Crippen LogP contribution in [-0.2, 0) is 0 Å². The third-order valence-electron chi connectivity index (χ3n) is 2.79. The summed E-state index contributed by atoms with van der Waals surface area (Å²) in [5.41, 5.74) is 0. The van der Waals surface area contributed by atoms with Gasteiger partial charge >= 0.3 is 0 Å². The number of rotatable bonds is 3. The van der Waals surface area contributed by atoms with Gasteiger partial charge in [-0.1, -0.05) is 11.6 Å². The van der Waals surface area contributed by atoms with Gasteiger partial charge in [0.05, 0.1) is 0 Å². The van der Waals surface area contributed by atoms with E-state index >= 15 is 0 Å². The largest absolute Gasteiger partial charge is 0.475 e. The van der Waals surface area contributed by atoms with Crippen molar-refractivity contribution in [2.75, 3.05) is 26.2 Å². The number of nitrogens with zero attached hydrogens (tertiary/aromatic N) is 1. The average molecular weight is 241 g/mol. The molecule has 1 aliphatic heterocycles. The Hall–Kier alpha value is -0.770. The quantitative estimate of drug-likeness (QED) is 0.875. The molecule has 1 heterocycles. The molecule has 0 spiro atoms. The number of benzene rings is 1. The third kappa shape index (κ3) is 3.11. The molecule has 1 atom stereocenters. The standard InChI is InChI=1S/C12H17ClN2O/c1-10(15-8-6-14-7-9-15)16-12-4-2-11(13)3-5-12/h2-5,10,14H,6-9H2,1H3. The van der Waals surface area contributed by atoms with E-state index in [-0.39, 0.29) is 6.23 Å². The maximum atomic E-state index is 5.85. The van der Waals surface area contributed by atoms with Crippen molar-refractivity contribution >= 4 is 11.6 Å². The highest BCUT2D eigenvalue weighted by Gasteiger charge is 2.17. The monoisotopic (exact) mass is 240 g/mol. The Morgan fingerprint density at radius 3 is 2.50 bits per heavy atom. The van der Waals surface area contributed by atoms with E-state index in [1.165, 1.54) is 0 Å². The predicted molar refractivity (Wildman–Crippen MR) is 66.0 cm³/mol. The molecule has 1 unspecified atom stereocenters. The zero-order valence-corrected chi connectivity index (χ0v) is 10.2.